The van der Waals surface area contributed by atoms with Crippen LogP contribution in [0.15, 0.2) is 18.3 Å². The second-order valence-corrected chi connectivity index (χ2v) is 4.15. The number of aromatic nitrogens is 1. The monoisotopic (exact) mass is 221 g/mol. The van der Waals surface area contributed by atoms with Crippen molar-refractivity contribution in [2.45, 2.75) is 12.8 Å². The quantitative estimate of drug-likeness (QED) is 0.809. The number of piperidine rings is 1. The van der Waals surface area contributed by atoms with Crippen LogP contribution >= 0.6 is 0 Å². The number of methoxy groups -OCH3 is 1. The van der Waals surface area contributed by atoms with E-state index in [-0.39, 0.29) is 0 Å². The molecule has 1 aliphatic heterocycles. The summed E-state index contributed by atoms with van der Waals surface area (Å²) < 4.78 is 5.20. The van der Waals surface area contributed by atoms with Crippen molar-refractivity contribution in [2.75, 3.05) is 32.1 Å². The third-order valence-electron chi connectivity index (χ3n) is 2.94. The zero-order valence-corrected chi connectivity index (χ0v) is 9.70. The molecule has 0 spiro atoms. The van der Waals surface area contributed by atoms with Gasteiger partial charge in [-0.15, -0.1) is 0 Å². The third-order valence-corrected chi connectivity index (χ3v) is 2.94. The van der Waals surface area contributed by atoms with Crippen molar-refractivity contribution in [3.63, 3.8) is 0 Å². The number of pyridine rings is 1. The zero-order chi connectivity index (χ0) is 11.2. The van der Waals surface area contributed by atoms with Crippen molar-refractivity contribution in [2.24, 2.45) is 5.92 Å². The van der Waals surface area contributed by atoms with Crippen LogP contribution in [0.2, 0.25) is 0 Å². The van der Waals surface area contributed by atoms with E-state index in [1.165, 1.54) is 12.8 Å². The fourth-order valence-electron chi connectivity index (χ4n) is 2.04. The molecule has 1 atom stereocenters. The van der Waals surface area contributed by atoms with Crippen LogP contribution in [-0.4, -0.2) is 31.7 Å². The van der Waals surface area contributed by atoms with Crippen molar-refractivity contribution in [3.05, 3.63) is 18.3 Å². The highest BCUT2D eigenvalue weighted by Gasteiger charge is 2.13. The Bertz CT molecular complexity index is 324. The number of nitrogens with one attached hydrogen (secondary N) is 2. The van der Waals surface area contributed by atoms with Gasteiger partial charge in [0.25, 0.3) is 0 Å². The van der Waals surface area contributed by atoms with E-state index in [0.29, 0.717) is 11.8 Å². The van der Waals surface area contributed by atoms with Gasteiger partial charge in [-0.1, -0.05) is 0 Å². The van der Waals surface area contributed by atoms with Gasteiger partial charge in [-0.05, 0) is 44.0 Å². The maximum atomic E-state index is 5.20. The van der Waals surface area contributed by atoms with Gasteiger partial charge in [-0.3, -0.25) is 0 Å². The van der Waals surface area contributed by atoms with Crippen molar-refractivity contribution in [3.8, 4) is 5.88 Å². The smallest absolute Gasteiger partial charge is 0.237 e. The van der Waals surface area contributed by atoms with Gasteiger partial charge in [-0.2, -0.15) is 0 Å². The lowest BCUT2D eigenvalue weighted by molar-refractivity contribution is 0.387. The van der Waals surface area contributed by atoms with Gasteiger partial charge in [0, 0.05) is 12.7 Å². The molecule has 4 heteroatoms. The number of rotatable bonds is 4. The standard InChI is InChI=1S/C12H19N3O/c1-16-12-11(5-3-7-14-12)15-9-10-4-2-6-13-8-10/h3,5,7,10,13,15H,2,4,6,8-9H2,1H3. The minimum atomic E-state index is 0.672. The molecular formula is C12H19N3O. The van der Waals surface area contributed by atoms with E-state index < -0.39 is 0 Å². The van der Waals surface area contributed by atoms with Crippen LogP contribution in [-0.2, 0) is 0 Å². The predicted octanol–water partition coefficient (Wildman–Crippen LogP) is 1.50. The van der Waals surface area contributed by atoms with Gasteiger partial charge in [0.15, 0.2) is 0 Å². The average Bonchev–Trinajstić information content (AvgIpc) is 2.38. The normalized spacial score (nSPS) is 20.4. The SMILES string of the molecule is COc1ncccc1NCC1CCCNC1. The lowest BCUT2D eigenvalue weighted by Gasteiger charge is -2.23. The third kappa shape index (κ3) is 2.85. The number of hydrogen-bond donors (Lipinski definition) is 2. The summed E-state index contributed by atoms with van der Waals surface area (Å²) in [6.07, 6.45) is 4.31. The first-order valence-electron chi connectivity index (χ1n) is 5.83. The molecule has 2 N–H and O–H groups in total. The summed E-state index contributed by atoms with van der Waals surface area (Å²) in [4.78, 5) is 4.16. The first-order valence-corrected chi connectivity index (χ1v) is 5.83. The summed E-state index contributed by atoms with van der Waals surface area (Å²) in [5.74, 6) is 1.38. The number of anilines is 1. The lowest BCUT2D eigenvalue weighted by Crippen LogP contribution is -2.33. The number of nitrogens with zero attached hydrogens (tertiary/aromatic N) is 1. The summed E-state index contributed by atoms with van der Waals surface area (Å²) in [5, 5.41) is 6.82. The van der Waals surface area contributed by atoms with Crippen molar-refractivity contribution < 1.29 is 4.74 Å². The molecule has 1 saturated heterocycles. The molecule has 0 aromatic carbocycles. The van der Waals surface area contributed by atoms with E-state index in [0.717, 1.165) is 25.3 Å². The Hall–Kier alpha value is -1.29. The highest BCUT2D eigenvalue weighted by Crippen LogP contribution is 2.20. The molecule has 2 rings (SSSR count). The van der Waals surface area contributed by atoms with Crippen LogP contribution in [0.4, 0.5) is 5.69 Å². The maximum Gasteiger partial charge on any atom is 0.237 e. The fraction of sp³-hybridized carbons (Fsp3) is 0.583. The summed E-state index contributed by atoms with van der Waals surface area (Å²) in [7, 11) is 1.65. The second-order valence-electron chi connectivity index (χ2n) is 4.15. The molecule has 0 bridgehead atoms. The molecule has 1 aliphatic rings. The Morgan fingerprint density at radius 3 is 3.31 bits per heavy atom. The molecule has 1 unspecified atom stereocenters. The molecule has 0 aliphatic carbocycles. The number of hydrogen-bond acceptors (Lipinski definition) is 4. The van der Waals surface area contributed by atoms with Crippen molar-refractivity contribution in [1.82, 2.24) is 10.3 Å². The topological polar surface area (TPSA) is 46.2 Å². The van der Waals surface area contributed by atoms with Gasteiger partial charge in [0.1, 0.15) is 0 Å². The molecule has 1 fully saturated rings. The molecule has 0 radical (unpaired) electrons. The minimum absolute atomic E-state index is 0.672. The molecule has 1 aromatic heterocycles. The Kier molecular flexibility index (Phi) is 3.99. The Morgan fingerprint density at radius 2 is 2.56 bits per heavy atom. The summed E-state index contributed by atoms with van der Waals surface area (Å²) in [6, 6.07) is 3.92. The average molecular weight is 221 g/mol. The molecule has 1 aromatic rings. The molecule has 16 heavy (non-hydrogen) atoms. The Labute approximate surface area is 96.4 Å². The van der Waals surface area contributed by atoms with Crippen LogP contribution in [0.3, 0.4) is 0 Å². The van der Waals surface area contributed by atoms with E-state index in [1.54, 1.807) is 13.3 Å². The summed E-state index contributed by atoms with van der Waals surface area (Å²) in [6.45, 7) is 3.25. The van der Waals surface area contributed by atoms with E-state index in [4.69, 9.17) is 4.74 Å². The second kappa shape index (κ2) is 5.70. The Balaban J connectivity index is 1.88. The van der Waals surface area contributed by atoms with Gasteiger partial charge in [0.2, 0.25) is 5.88 Å². The van der Waals surface area contributed by atoms with Gasteiger partial charge in [-0.25, -0.2) is 4.98 Å². The highest BCUT2D eigenvalue weighted by molar-refractivity contribution is 5.51. The van der Waals surface area contributed by atoms with Crippen molar-refractivity contribution in [1.29, 1.82) is 0 Å². The fourth-order valence-corrected chi connectivity index (χ4v) is 2.04. The molecule has 88 valence electrons. The largest absolute Gasteiger partial charge is 0.480 e. The molecule has 4 nitrogen and oxygen atoms in total. The van der Waals surface area contributed by atoms with Crippen LogP contribution in [0.1, 0.15) is 12.8 Å². The predicted molar refractivity (Wildman–Crippen MR) is 64.9 cm³/mol. The van der Waals surface area contributed by atoms with E-state index >= 15 is 0 Å². The van der Waals surface area contributed by atoms with E-state index in [2.05, 4.69) is 15.6 Å². The summed E-state index contributed by atoms with van der Waals surface area (Å²) in [5.41, 5.74) is 0.982. The minimum Gasteiger partial charge on any atom is -0.480 e. The van der Waals surface area contributed by atoms with E-state index in [1.807, 2.05) is 12.1 Å². The first-order chi connectivity index (χ1) is 7.90. The lowest BCUT2D eigenvalue weighted by atomic mass is 10.00. The van der Waals surface area contributed by atoms with Crippen LogP contribution < -0.4 is 15.4 Å². The number of ether oxygens (including phenoxy) is 1. The molecule has 0 amide bonds. The molecular weight excluding hydrogens is 202 g/mol. The molecule has 2 heterocycles. The maximum absolute atomic E-state index is 5.20. The Morgan fingerprint density at radius 1 is 1.62 bits per heavy atom. The molecule has 0 saturated carbocycles. The van der Waals surface area contributed by atoms with Crippen LogP contribution in [0.25, 0.3) is 0 Å². The first kappa shape index (κ1) is 11.2. The van der Waals surface area contributed by atoms with E-state index in [9.17, 15) is 0 Å². The van der Waals surface area contributed by atoms with Gasteiger partial charge >= 0.3 is 0 Å². The zero-order valence-electron chi connectivity index (χ0n) is 9.70. The van der Waals surface area contributed by atoms with Crippen LogP contribution in [0, 0.1) is 5.92 Å². The van der Waals surface area contributed by atoms with Gasteiger partial charge < -0.3 is 15.4 Å². The highest BCUT2D eigenvalue weighted by atomic mass is 16.5. The van der Waals surface area contributed by atoms with Crippen LogP contribution in [0.5, 0.6) is 5.88 Å². The van der Waals surface area contributed by atoms with Gasteiger partial charge in [0.05, 0.1) is 12.8 Å². The summed E-state index contributed by atoms with van der Waals surface area (Å²) >= 11 is 0. The van der Waals surface area contributed by atoms with Crippen molar-refractivity contribution >= 4 is 5.69 Å².